The Morgan fingerprint density at radius 3 is 2.62 bits per heavy atom. The molecule has 2 aromatic rings. The number of amides is 1. The number of piperidine rings is 1. The van der Waals surface area contributed by atoms with Crippen molar-refractivity contribution in [3.05, 3.63) is 28.5 Å². The fourth-order valence-corrected chi connectivity index (χ4v) is 3.43. The zero-order valence-electron chi connectivity index (χ0n) is 14.7. The van der Waals surface area contributed by atoms with E-state index in [1.54, 1.807) is 0 Å². The third kappa shape index (κ3) is 3.58. The molecule has 0 saturated carbocycles. The number of hydrogen-bond acceptors (Lipinski definition) is 3. The lowest BCUT2D eigenvalue weighted by molar-refractivity contribution is 0.0189. The van der Waals surface area contributed by atoms with Crippen molar-refractivity contribution >= 4 is 33.1 Å². The van der Waals surface area contributed by atoms with Gasteiger partial charge in [0.1, 0.15) is 11.2 Å². The molecule has 1 aliphatic heterocycles. The summed E-state index contributed by atoms with van der Waals surface area (Å²) in [5.74, 6) is 0. The molecular formula is C18H24BrN3O2. The highest BCUT2D eigenvalue weighted by molar-refractivity contribution is 9.10. The van der Waals surface area contributed by atoms with Crippen LogP contribution in [0.3, 0.4) is 0 Å². The van der Waals surface area contributed by atoms with E-state index in [2.05, 4.69) is 38.8 Å². The van der Waals surface area contributed by atoms with E-state index in [1.165, 1.54) is 0 Å². The average molecular weight is 394 g/mol. The van der Waals surface area contributed by atoms with Crippen molar-refractivity contribution in [2.45, 2.75) is 52.2 Å². The molecule has 2 aromatic heterocycles. The van der Waals surface area contributed by atoms with Gasteiger partial charge < -0.3 is 14.2 Å². The molecule has 0 N–H and O–H groups in total. The molecule has 0 aliphatic carbocycles. The first-order valence-electron chi connectivity index (χ1n) is 8.36. The predicted molar refractivity (Wildman–Crippen MR) is 98.2 cm³/mol. The molecular weight excluding hydrogens is 370 g/mol. The second-order valence-corrected chi connectivity index (χ2v) is 8.24. The van der Waals surface area contributed by atoms with Gasteiger partial charge in [-0.1, -0.05) is 0 Å². The van der Waals surface area contributed by atoms with Gasteiger partial charge in [-0.3, -0.25) is 0 Å². The van der Waals surface area contributed by atoms with Crippen LogP contribution in [-0.2, 0) is 4.74 Å². The minimum absolute atomic E-state index is 0.212. The van der Waals surface area contributed by atoms with Crippen molar-refractivity contribution in [3.8, 4) is 0 Å². The highest BCUT2D eigenvalue weighted by atomic mass is 79.9. The first kappa shape index (κ1) is 17.3. The number of aryl methyl sites for hydroxylation is 1. The summed E-state index contributed by atoms with van der Waals surface area (Å²) < 4.78 is 8.75. The van der Waals surface area contributed by atoms with E-state index in [9.17, 15) is 4.79 Å². The molecule has 3 rings (SSSR count). The minimum Gasteiger partial charge on any atom is -0.444 e. The summed E-state index contributed by atoms with van der Waals surface area (Å²) in [7, 11) is 0. The lowest BCUT2D eigenvalue weighted by Gasteiger charge is -2.34. The number of ether oxygens (including phenoxy) is 1. The maximum atomic E-state index is 12.2. The first-order valence-corrected chi connectivity index (χ1v) is 9.15. The standard InChI is InChI=1S/C18H24BrN3O2/c1-12-15(19)11-13-5-10-22(16(13)20-12)14-6-8-21(9-7-14)17(23)24-18(2,3)4/h5,10-11,14H,6-9H2,1-4H3. The summed E-state index contributed by atoms with van der Waals surface area (Å²) in [5, 5.41) is 1.14. The van der Waals surface area contributed by atoms with Gasteiger partial charge in [0.05, 0.1) is 5.69 Å². The van der Waals surface area contributed by atoms with E-state index in [1.807, 2.05) is 32.6 Å². The second kappa shape index (κ2) is 6.39. The Balaban J connectivity index is 1.71. The topological polar surface area (TPSA) is 47.4 Å². The number of carbonyl (C=O) groups is 1. The van der Waals surface area contributed by atoms with Crippen molar-refractivity contribution in [3.63, 3.8) is 0 Å². The van der Waals surface area contributed by atoms with Crippen LogP contribution in [0.2, 0.25) is 0 Å². The zero-order valence-corrected chi connectivity index (χ0v) is 16.3. The van der Waals surface area contributed by atoms with Gasteiger partial charge in [0.2, 0.25) is 0 Å². The van der Waals surface area contributed by atoms with Crippen molar-refractivity contribution in [2.24, 2.45) is 0 Å². The summed E-state index contributed by atoms with van der Waals surface area (Å²) >= 11 is 3.54. The largest absolute Gasteiger partial charge is 0.444 e. The van der Waals surface area contributed by atoms with Gasteiger partial charge in [0, 0.05) is 35.2 Å². The van der Waals surface area contributed by atoms with E-state index in [4.69, 9.17) is 9.72 Å². The molecule has 0 atom stereocenters. The maximum Gasteiger partial charge on any atom is 0.410 e. The average Bonchev–Trinajstić information content (AvgIpc) is 2.89. The molecule has 3 heterocycles. The van der Waals surface area contributed by atoms with Crippen LogP contribution >= 0.6 is 15.9 Å². The molecule has 1 saturated heterocycles. The number of carbonyl (C=O) groups excluding carboxylic acids is 1. The quantitative estimate of drug-likeness (QED) is 0.706. The molecule has 0 bridgehead atoms. The maximum absolute atomic E-state index is 12.2. The summed E-state index contributed by atoms with van der Waals surface area (Å²) in [4.78, 5) is 18.7. The van der Waals surface area contributed by atoms with Gasteiger partial charge >= 0.3 is 6.09 Å². The Kier molecular flexibility index (Phi) is 4.60. The highest BCUT2D eigenvalue weighted by Gasteiger charge is 2.28. The molecule has 24 heavy (non-hydrogen) atoms. The number of nitrogens with zero attached hydrogens (tertiary/aromatic N) is 3. The van der Waals surface area contributed by atoms with E-state index in [0.717, 1.165) is 47.1 Å². The molecule has 1 fully saturated rings. The second-order valence-electron chi connectivity index (χ2n) is 7.39. The molecule has 0 spiro atoms. The zero-order chi connectivity index (χ0) is 17.5. The first-order chi connectivity index (χ1) is 11.2. The lowest BCUT2D eigenvalue weighted by Crippen LogP contribution is -2.42. The Labute approximate surface area is 151 Å². The molecule has 5 nitrogen and oxygen atoms in total. The minimum atomic E-state index is -0.445. The third-order valence-corrected chi connectivity index (χ3v) is 5.13. The number of likely N-dealkylation sites (tertiary alicyclic amines) is 1. The van der Waals surface area contributed by atoms with Gasteiger partial charge in [-0.2, -0.15) is 0 Å². The Morgan fingerprint density at radius 2 is 2.00 bits per heavy atom. The number of fused-ring (bicyclic) bond motifs is 1. The van der Waals surface area contributed by atoms with Crippen LogP contribution in [0, 0.1) is 6.92 Å². The van der Waals surface area contributed by atoms with Crippen LogP contribution in [0.25, 0.3) is 11.0 Å². The van der Waals surface area contributed by atoms with Gasteiger partial charge in [0.25, 0.3) is 0 Å². The normalized spacial score (nSPS) is 16.6. The summed E-state index contributed by atoms with van der Waals surface area (Å²) in [5.41, 5.74) is 1.57. The monoisotopic (exact) mass is 393 g/mol. The predicted octanol–water partition coefficient (Wildman–Crippen LogP) is 4.68. The molecule has 1 amide bonds. The van der Waals surface area contributed by atoms with Crippen molar-refractivity contribution in [1.29, 1.82) is 0 Å². The van der Waals surface area contributed by atoms with E-state index >= 15 is 0 Å². The number of halogens is 1. The summed E-state index contributed by atoms with van der Waals surface area (Å²) in [6, 6.07) is 4.59. The van der Waals surface area contributed by atoms with Crippen LogP contribution in [0.4, 0.5) is 4.79 Å². The van der Waals surface area contributed by atoms with Gasteiger partial charge in [-0.15, -0.1) is 0 Å². The lowest BCUT2D eigenvalue weighted by atomic mass is 10.1. The fourth-order valence-electron chi connectivity index (χ4n) is 3.09. The van der Waals surface area contributed by atoms with E-state index in [-0.39, 0.29) is 6.09 Å². The van der Waals surface area contributed by atoms with Crippen molar-refractivity contribution in [2.75, 3.05) is 13.1 Å². The fraction of sp³-hybridized carbons (Fsp3) is 0.556. The van der Waals surface area contributed by atoms with Gasteiger partial charge in [0.15, 0.2) is 0 Å². The van der Waals surface area contributed by atoms with Gasteiger partial charge in [-0.05, 0) is 68.6 Å². The smallest absolute Gasteiger partial charge is 0.410 e. The number of aromatic nitrogens is 2. The van der Waals surface area contributed by atoms with E-state index in [0.29, 0.717) is 6.04 Å². The molecule has 130 valence electrons. The van der Waals surface area contributed by atoms with Crippen LogP contribution in [0.5, 0.6) is 0 Å². The van der Waals surface area contributed by atoms with Crippen LogP contribution in [0.1, 0.15) is 45.3 Å². The Bertz CT molecular complexity index is 755. The van der Waals surface area contributed by atoms with E-state index < -0.39 is 5.60 Å². The summed E-state index contributed by atoms with van der Waals surface area (Å²) in [6.45, 7) is 9.14. The molecule has 6 heteroatoms. The third-order valence-electron chi connectivity index (χ3n) is 4.33. The Hall–Kier alpha value is -1.56. The molecule has 0 radical (unpaired) electrons. The molecule has 0 aromatic carbocycles. The number of rotatable bonds is 1. The molecule has 0 unspecified atom stereocenters. The highest BCUT2D eigenvalue weighted by Crippen LogP contribution is 2.29. The number of pyridine rings is 1. The van der Waals surface area contributed by atoms with Crippen LogP contribution in [0.15, 0.2) is 22.8 Å². The SMILES string of the molecule is Cc1nc2c(ccn2C2CCN(C(=O)OC(C)(C)C)CC2)cc1Br. The van der Waals surface area contributed by atoms with Crippen molar-refractivity contribution in [1.82, 2.24) is 14.5 Å². The summed E-state index contributed by atoms with van der Waals surface area (Å²) in [6.07, 6.45) is 3.73. The molecule has 1 aliphatic rings. The van der Waals surface area contributed by atoms with Crippen molar-refractivity contribution < 1.29 is 9.53 Å². The van der Waals surface area contributed by atoms with Gasteiger partial charge in [-0.25, -0.2) is 9.78 Å². The Morgan fingerprint density at radius 1 is 1.33 bits per heavy atom. The number of hydrogen-bond donors (Lipinski definition) is 0. The van der Waals surface area contributed by atoms with Crippen LogP contribution in [-0.4, -0.2) is 39.2 Å². The van der Waals surface area contributed by atoms with Crippen LogP contribution < -0.4 is 0 Å².